The van der Waals surface area contributed by atoms with Crippen LogP contribution in [0.1, 0.15) is 115 Å². The molecule has 1 spiro atoms. The summed E-state index contributed by atoms with van der Waals surface area (Å²) in [6.07, 6.45) is 20.9. The summed E-state index contributed by atoms with van der Waals surface area (Å²) in [5.74, 6) is 1.98. The predicted octanol–water partition coefficient (Wildman–Crippen LogP) is 12.9. The largest absolute Gasteiger partial charge is 0.383 e. The fraction of sp³-hybridized carbons (Fsp3) is 0.228. The van der Waals surface area contributed by atoms with Gasteiger partial charge in [0.2, 0.25) is 0 Å². The molecule has 4 N–H and O–H groups in total. The van der Waals surface area contributed by atoms with E-state index < -0.39 is 0 Å². The first-order valence-electron chi connectivity index (χ1n) is 22.6. The van der Waals surface area contributed by atoms with Crippen molar-refractivity contribution < 1.29 is 0 Å². The molecule has 4 aliphatic carbocycles. The summed E-state index contributed by atoms with van der Waals surface area (Å²) < 4.78 is 0. The maximum atomic E-state index is 7.16. The van der Waals surface area contributed by atoms with Crippen molar-refractivity contribution >= 4 is 34.6 Å². The Morgan fingerprint density at radius 3 is 2.03 bits per heavy atom. The monoisotopic (exact) mass is 824 g/mol. The van der Waals surface area contributed by atoms with Gasteiger partial charge in [-0.15, -0.1) is 0 Å². The second-order valence-corrected chi connectivity index (χ2v) is 17.2. The van der Waals surface area contributed by atoms with Crippen LogP contribution < -0.4 is 11.5 Å². The van der Waals surface area contributed by atoms with E-state index in [1.807, 2.05) is 66.7 Å². The van der Waals surface area contributed by atoms with Crippen LogP contribution in [0.3, 0.4) is 0 Å². The zero-order valence-corrected chi connectivity index (χ0v) is 36.5. The van der Waals surface area contributed by atoms with Gasteiger partial charge in [-0.3, -0.25) is 4.99 Å². The summed E-state index contributed by atoms with van der Waals surface area (Å²) in [7, 11) is 0. The third-order valence-corrected chi connectivity index (χ3v) is 13.1. The average Bonchev–Trinajstić information content (AvgIpc) is 3.60. The number of benzene rings is 5. The first-order valence-corrected chi connectivity index (χ1v) is 22.6. The minimum Gasteiger partial charge on any atom is -0.383 e. The van der Waals surface area contributed by atoms with Gasteiger partial charge in [0.15, 0.2) is 11.7 Å². The highest BCUT2D eigenvalue weighted by atomic mass is 15.0. The van der Waals surface area contributed by atoms with Crippen LogP contribution in [0, 0.1) is 6.92 Å². The Bertz CT molecular complexity index is 2810. The lowest BCUT2D eigenvalue weighted by Gasteiger charge is -2.36. The first kappa shape index (κ1) is 41.4. The van der Waals surface area contributed by atoms with Crippen LogP contribution >= 0.6 is 0 Å². The van der Waals surface area contributed by atoms with Gasteiger partial charge in [0, 0.05) is 33.3 Å². The molecule has 0 aliphatic heterocycles. The number of nitrogens with zero attached hydrogens (tertiary/aromatic N) is 4. The Hall–Kier alpha value is -6.92. The number of aliphatic imine (C=N–C) groups is 4. The summed E-state index contributed by atoms with van der Waals surface area (Å²) in [5.41, 5.74) is 29.0. The number of aryl methyl sites for hydroxylation is 1. The van der Waals surface area contributed by atoms with Gasteiger partial charge in [0.05, 0.1) is 11.7 Å². The van der Waals surface area contributed by atoms with Crippen LogP contribution in [0.5, 0.6) is 0 Å². The highest BCUT2D eigenvalue weighted by molar-refractivity contribution is 6.19. The van der Waals surface area contributed by atoms with Crippen LogP contribution in [-0.2, 0) is 5.41 Å². The number of fused-ring (bicyclic) bond motifs is 5. The Balaban J connectivity index is 1.06. The van der Waals surface area contributed by atoms with Gasteiger partial charge < -0.3 is 11.5 Å². The van der Waals surface area contributed by atoms with Crippen LogP contribution in [-0.4, -0.2) is 23.3 Å². The molecule has 1 unspecified atom stereocenters. The second-order valence-electron chi connectivity index (χ2n) is 17.2. The molecular weight excluding hydrogens is 769 g/mol. The smallest absolute Gasteiger partial charge is 0.162 e. The highest BCUT2D eigenvalue weighted by Gasteiger charge is 2.44. The van der Waals surface area contributed by atoms with E-state index in [9.17, 15) is 0 Å². The van der Waals surface area contributed by atoms with Crippen molar-refractivity contribution in [2.24, 2.45) is 31.4 Å². The molecule has 1 atom stereocenters. The highest BCUT2D eigenvalue weighted by Crippen LogP contribution is 2.57. The number of nitrogens with two attached hydrogens (primary N) is 2. The molecule has 5 aromatic carbocycles. The molecule has 1 fully saturated rings. The number of allylic oxidation sites excluding steroid dienone is 4. The number of hydrogen-bond donors (Lipinski definition) is 2. The van der Waals surface area contributed by atoms with Crippen molar-refractivity contribution in [3.8, 4) is 11.1 Å². The quantitative estimate of drug-likeness (QED) is 0.114. The van der Waals surface area contributed by atoms with E-state index in [2.05, 4.69) is 105 Å². The maximum absolute atomic E-state index is 7.16. The third kappa shape index (κ3) is 8.38. The molecule has 6 nitrogen and oxygen atoms in total. The Morgan fingerprint density at radius 1 is 0.635 bits per heavy atom. The van der Waals surface area contributed by atoms with Gasteiger partial charge in [-0.2, -0.15) is 0 Å². The Kier molecular flexibility index (Phi) is 12.0. The molecule has 1 saturated carbocycles. The molecular formula is C57H56N6. The SMILES string of the molecule is C=C(N=C(N=C(N)C1=CCCC=C1c1cccc2c1-c1ccccc1C21CCCCC1)c1ccccc1)c1cc(C(C)N=C(N=C(N)C2=CCCC=C2)c2ccccc2)ccc1C. The lowest BCUT2D eigenvalue weighted by molar-refractivity contribution is 0.353. The summed E-state index contributed by atoms with van der Waals surface area (Å²) in [5, 5.41) is 0. The standard InChI is InChI=1S/C57H56N6/c1-38-33-34-44(39(2)60-55(42-23-10-5-11-24-42)62-53(58)41-21-8-4-9-22-41)37-49(38)40(3)61-56(43-25-12-6-13-26-43)63-54(59)47-28-15-14-27-45(47)46-30-20-32-51-52(46)48-29-16-17-31-50(48)57(51)35-18-7-19-36-57/h5-6,8,10-13,16-17,20-34,37,39H,3-4,7,9,14-15,18-19,35-36H2,1-2H3,(H2,58,60,62)(H2,59,61,63). The van der Waals surface area contributed by atoms with E-state index in [-0.39, 0.29) is 11.5 Å². The van der Waals surface area contributed by atoms with Gasteiger partial charge >= 0.3 is 0 Å². The van der Waals surface area contributed by atoms with Crippen molar-refractivity contribution in [1.29, 1.82) is 0 Å². The van der Waals surface area contributed by atoms with Crippen LogP contribution in [0.2, 0.25) is 0 Å². The van der Waals surface area contributed by atoms with Crippen molar-refractivity contribution in [2.45, 2.75) is 83.1 Å². The van der Waals surface area contributed by atoms with E-state index in [0.29, 0.717) is 29.0 Å². The summed E-state index contributed by atoms with van der Waals surface area (Å²) >= 11 is 0. The molecule has 0 heterocycles. The fourth-order valence-corrected chi connectivity index (χ4v) is 9.91. The lowest BCUT2D eigenvalue weighted by Crippen LogP contribution is -2.28. The molecule has 0 radical (unpaired) electrons. The summed E-state index contributed by atoms with van der Waals surface area (Å²) in [6, 6.07) is 42.2. The van der Waals surface area contributed by atoms with Crippen molar-refractivity contribution in [2.75, 3.05) is 0 Å². The topological polar surface area (TPSA) is 101 Å². The van der Waals surface area contributed by atoms with E-state index in [0.717, 1.165) is 70.2 Å². The van der Waals surface area contributed by atoms with Crippen molar-refractivity contribution in [3.63, 3.8) is 0 Å². The van der Waals surface area contributed by atoms with Crippen LogP contribution in [0.25, 0.3) is 22.4 Å². The molecule has 5 aromatic rings. The number of amidine groups is 4. The molecule has 0 aromatic heterocycles. The predicted molar refractivity (Wildman–Crippen MR) is 265 cm³/mol. The molecule has 0 bridgehead atoms. The zero-order chi connectivity index (χ0) is 43.3. The lowest BCUT2D eigenvalue weighted by atomic mass is 9.67. The molecule has 63 heavy (non-hydrogen) atoms. The van der Waals surface area contributed by atoms with E-state index >= 15 is 0 Å². The van der Waals surface area contributed by atoms with Gasteiger partial charge in [-0.1, -0.05) is 171 Å². The summed E-state index contributed by atoms with van der Waals surface area (Å²) in [4.78, 5) is 20.4. The van der Waals surface area contributed by atoms with Crippen molar-refractivity contribution in [1.82, 2.24) is 0 Å². The Labute approximate surface area is 372 Å². The molecule has 4 aliphatic rings. The Morgan fingerprint density at radius 2 is 1.29 bits per heavy atom. The van der Waals surface area contributed by atoms with E-state index in [1.165, 1.54) is 59.9 Å². The maximum Gasteiger partial charge on any atom is 0.162 e. The zero-order valence-electron chi connectivity index (χ0n) is 36.5. The van der Waals surface area contributed by atoms with Gasteiger partial charge in [-0.05, 0) is 103 Å². The van der Waals surface area contributed by atoms with E-state index in [1.54, 1.807) is 0 Å². The molecule has 6 heteroatoms. The van der Waals surface area contributed by atoms with Gasteiger partial charge in [0.25, 0.3) is 0 Å². The number of rotatable bonds is 9. The first-order chi connectivity index (χ1) is 30.8. The van der Waals surface area contributed by atoms with E-state index in [4.69, 9.17) is 31.4 Å². The van der Waals surface area contributed by atoms with Crippen LogP contribution in [0.15, 0.2) is 189 Å². The van der Waals surface area contributed by atoms with Crippen LogP contribution in [0.4, 0.5) is 0 Å². The van der Waals surface area contributed by atoms with Gasteiger partial charge in [0.1, 0.15) is 11.7 Å². The minimum absolute atomic E-state index is 0.0719. The fourth-order valence-electron chi connectivity index (χ4n) is 9.91. The molecule has 9 rings (SSSR count). The normalized spacial score (nSPS) is 18.0. The molecule has 314 valence electrons. The number of hydrogen-bond acceptors (Lipinski definition) is 2. The summed E-state index contributed by atoms with van der Waals surface area (Å²) in [6.45, 7) is 8.68. The van der Waals surface area contributed by atoms with Gasteiger partial charge in [-0.25, -0.2) is 15.0 Å². The molecule has 0 amide bonds. The van der Waals surface area contributed by atoms with Crippen molar-refractivity contribution in [3.05, 3.63) is 214 Å². The average molecular weight is 825 g/mol. The second kappa shape index (κ2) is 18.2. The third-order valence-electron chi connectivity index (χ3n) is 13.1. The molecule has 0 saturated heterocycles. The minimum atomic E-state index is -0.242.